The third kappa shape index (κ3) is 5.01. The Morgan fingerprint density at radius 1 is 1.40 bits per heavy atom. The lowest BCUT2D eigenvalue weighted by Crippen LogP contribution is -2.39. The van der Waals surface area contributed by atoms with Crippen LogP contribution in [0.4, 0.5) is 0 Å². The van der Waals surface area contributed by atoms with Crippen molar-refractivity contribution in [1.29, 1.82) is 0 Å². The zero-order chi connectivity index (χ0) is 11.8. The SMILES string of the molecule is CCCCC(CC)C(=O)N(C)C(C)CBr. The van der Waals surface area contributed by atoms with E-state index in [1.165, 1.54) is 6.42 Å². The molecule has 1 amide bonds. The summed E-state index contributed by atoms with van der Waals surface area (Å²) >= 11 is 3.41. The van der Waals surface area contributed by atoms with Crippen LogP contribution in [0.2, 0.25) is 0 Å². The molecule has 0 saturated heterocycles. The molecule has 0 aliphatic rings. The first-order chi connectivity index (χ1) is 7.08. The summed E-state index contributed by atoms with van der Waals surface area (Å²) in [6.45, 7) is 6.34. The number of alkyl halides is 1. The van der Waals surface area contributed by atoms with E-state index in [-0.39, 0.29) is 12.0 Å². The minimum Gasteiger partial charge on any atom is -0.342 e. The maximum Gasteiger partial charge on any atom is 0.225 e. The van der Waals surface area contributed by atoms with Crippen LogP contribution in [0.15, 0.2) is 0 Å². The second-order valence-corrected chi connectivity index (χ2v) is 4.85. The van der Waals surface area contributed by atoms with E-state index in [9.17, 15) is 4.79 Å². The lowest BCUT2D eigenvalue weighted by molar-refractivity contribution is -0.136. The summed E-state index contributed by atoms with van der Waals surface area (Å²) in [4.78, 5) is 14.0. The van der Waals surface area contributed by atoms with Crippen LogP contribution in [-0.2, 0) is 4.79 Å². The fraction of sp³-hybridized carbons (Fsp3) is 0.917. The van der Waals surface area contributed by atoms with Crippen LogP contribution in [0.1, 0.15) is 46.5 Å². The van der Waals surface area contributed by atoms with E-state index in [4.69, 9.17) is 0 Å². The highest BCUT2D eigenvalue weighted by atomic mass is 79.9. The van der Waals surface area contributed by atoms with Gasteiger partial charge in [0.2, 0.25) is 5.91 Å². The van der Waals surface area contributed by atoms with Crippen molar-refractivity contribution in [2.45, 2.75) is 52.5 Å². The molecule has 0 N–H and O–H groups in total. The molecule has 0 radical (unpaired) electrons. The Morgan fingerprint density at radius 2 is 2.00 bits per heavy atom. The highest BCUT2D eigenvalue weighted by Crippen LogP contribution is 2.16. The zero-order valence-electron chi connectivity index (χ0n) is 10.4. The van der Waals surface area contributed by atoms with Crippen LogP contribution in [0, 0.1) is 5.92 Å². The van der Waals surface area contributed by atoms with Gasteiger partial charge in [-0.25, -0.2) is 0 Å². The van der Waals surface area contributed by atoms with Crippen molar-refractivity contribution in [3.8, 4) is 0 Å². The monoisotopic (exact) mass is 277 g/mol. The van der Waals surface area contributed by atoms with Gasteiger partial charge in [-0.1, -0.05) is 42.6 Å². The van der Waals surface area contributed by atoms with Gasteiger partial charge < -0.3 is 4.90 Å². The molecule has 0 fully saturated rings. The Balaban J connectivity index is 4.24. The Bertz CT molecular complexity index is 184. The Hall–Kier alpha value is -0.0500. The molecule has 0 aromatic rings. The standard InChI is InChI=1S/C12H24BrNO/c1-5-7-8-11(6-2)12(15)14(4)10(3)9-13/h10-11H,5-9H2,1-4H3. The molecule has 0 aromatic heterocycles. The molecule has 0 aliphatic heterocycles. The van der Waals surface area contributed by atoms with E-state index in [1.807, 2.05) is 11.9 Å². The predicted molar refractivity (Wildman–Crippen MR) is 69.3 cm³/mol. The summed E-state index contributed by atoms with van der Waals surface area (Å²) in [5.74, 6) is 0.523. The summed E-state index contributed by atoms with van der Waals surface area (Å²) in [5.41, 5.74) is 0. The molecule has 15 heavy (non-hydrogen) atoms. The van der Waals surface area contributed by atoms with Gasteiger partial charge in [-0.15, -0.1) is 0 Å². The summed E-state index contributed by atoms with van der Waals surface area (Å²) in [7, 11) is 1.91. The van der Waals surface area contributed by atoms with Gasteiger partial charge in [0.15, 0.2) is 0 Å². The Morgan fingerprint density at radius 3 is 2.40 bits per heavy atom. The molecule has 0 rings (SSSR count). The molecule has 90 valence electrons. The van der Waals surface area contributed by atoms with Gasteiger partial charge in [0.1, 0.15) is 0 Å². The fourth-order valence-electron chi connectivity index (χ4n) is 1.56. The van der Waals surface area contributed by atoms with Gasteiger partial charge in [-0.05, 0) is 19.8 Å². The third-order valence-electron chi connectivity index (χ3n) is 2.98. The molecule has 0 saturated carbocycles. The molecule has 3 heteroatoms. The van der Waals surface area contributed by atoms with E-state index in [0.717, 1.165) is 24.6 Å². The van der Waals surface area contributed by atoms with Crippen molar-refractivity contribution < 1.29 is 4.79 Å². The molecule has 0 heterocycles. The summed E-state index contributed by atoms with van der Waals surface area (Å²) < 4.78 is 0. The Kier molecular flexibility index (Phi) is 8.12. The molecular formula is C12H24BrNO. The summed E-state index contributed by atoms with van der Waals surface area (Å²) in [6, 6.07) is 0.285. The quantitative estimate of drug-likeness (QED) is 0.653. The van der Waals surface area contributed by atoms with Crippen LogP contribution in [0.5, 0.6) is 0 Å². The molecular weight excluding hydrogens is 254 g/mol. The van der Waals surface area contributed by atoms with Crippen LogP contribution in [0.3, 0.4) is 0 Å². The lowest BCUT2D eigenvalue weighted by Gasteiger charge is -2.27. The number of unbranched alkanes of at least 4 members (excludes halogenated alkanes) is 1. The molecule has 0 bridgehead atoms. The normalized spacial score (nSPS) is 14.7. The predicted octanol–water partition coefficient (Wildman–Crippen LogP) is 3.44. The summed E-state index contributed by atoms with van der Waals surface area (Å²) in [6.07, 6.45) is 4.31. The number of nitrogens with zero attached hydrogens (tertiary/aromatic N) is 1. The number of halogens is 1. The summed E-state index contributed by atoms with van der Waals surface area (Å²) in [5, 5.41) is 0.847. The Labute approximate surface area is 103 Å². The fourth-order valence-corrected chi connectivity index (χ4v) is 2.00. The van der Waals surface area contributed by atoms with E-state index < -0.39 is 0 Å². The number of amides is 1. The minimum absolute atomic E-state index is 0.219. The van der Waals surface area contributed by atoms with Crippen molar-refractivity contribution in [1.82, 2.24) is 4.90 Å². The maximum absolute atomic E-state index is 12.1. The van der Waals surface area contributed by atoms with Crippen LogP contribution in [-0.4, -0.2) is 29.2 Å². The van der Waals surface area contributed by atoms with E-state index in [2.05, 4.69) is 36.7 Å². The first kappa shape index (κ1) is 14.9. The highest BCUT2D eigenvalue weighted by molar-refractivity contribution is 9.09. The largest absolute Gasteiger partial charge is 0.342 e. The van der Waals surface area contributed by atoms with Crippen molar-refractivity contribution >= 4 is 21.8 Å². The average Bonchev–Trinajstić information content (AvgIpc) is 2.27. The molecule has 0 aromatic carbocycles. The first-order valence-corrected chi connectivity index (χ1v) is 7.03. The van der Waals surface area contributed by atoms with E-state index in [0.29, 0.717) is 5.91 Å². The smallest absolute Gasteiger partial charge is 0.225 e. The second-order valence-electron chi connectivity index (χ2n) is 4.20. The van der Waals surface area contributed by atoms with Gasteiger partial charge in [0, 0.05) is 24.3 Å². The van der Waals surface area contributed by atoms with E-state index >= 15 is 0 Å². The third-order valence-corrected chi connectivity index (χ3v) is 3.92. The molecule has 0 aliphatic carbocycles. The molecule has 2 nitrogen and oxygen atoms in total. The van der Waals surface area contributed by atoms with Crippen molar-refractivity contribution in [2.24, 2.45) is 5.92 Å². The number of hydrogen-bond donors (Lipinski definition) is 0. The first-order valence-electron chi connectivity index (χ1n) is 5.91. The number of carbonyl (C=O) groups is 1. The van der Waals surface area contributed by atoms with Crippen LogP contribution < -0.4 is 0 Å². The topological polar surface area (TPSA) is 20.3 Å². The van der Waals surface area contributed by atoms with Crippen molar-refractivity contribution in [2.75, 3.05) is 12.4 Å². The number of hydrogen-bond acceptors (Lipinski definition) is 1. The van der Waals surface area contributed by atoms with Crippen LogP contribution >= 0.6 is 15.9 Å². The minimum atomic E-state index is 0.219. The molecule has 2 unspecified atom stereocenters. The van der Waals surface area contributed by atoms with Gasteiger partial charge in [0.05, 0.1) is 0 Å². The second kappa shape index (κ2) is 8.14. The van der Waals surface area contributed by atoms with Gasteiger partial charge in [0.25, 0.3) is 0 Å². The average molecular weight is 278 g/mol. The zero-order valence-corrected chi connectivity index (χ0v) is 12.0. The lowest BCUT2D eigenvalue weighted by atomic mass is 9.97. The van der Waals surface area contributed by atoms with Gasteiger partial charge >= 0.3 is 0 Å². The molecule has 2 atom stereocenters. The van der Waals surface area contributed by atoms with Crippen LogP contribution in [0.25, 0.3) is 0 Å². The molecule has 0 spiro atoms. The number of rotatable bonds is 7. The van der Waals surface area contributed by atoms with Gasteiger partial charge in [-0.3, -0.25) is 4.79 Å². The highest BCUT2D eigenvalue weighted by Gasteiger charge is 2.22. The van der Waals surface area contributed by atoms with Crippen molar-refractivity contribution in [3.63, 3.8) is 0 Å². The van der Waals surface area contributed by atoms with E-state index in [1.54, 1.807) is 0 Å². The number of carbonyl (C=O) groups excluding carboxylic acids is 1. The van der Waals surface area contributed by atoms with Gasteiger partial charge in [-0.2, -0.15) is 0 Å². The van der Waals surface area contributed by atoms with Crippen molar-refractivity contribution in [3.05, 3.63) is 0 Å². The maximum atomic E-state index is 12.1.